The highest BCUT2D eigenvalue weighted by atomic mass is 35.5. The van der Waals surface area contributed by atoms with Gasteiger partial charge in [0.15, 0.2) is 11.5 Å². The van der Waals surface area contributed by atoms with E-state index in [0.29, 0.717) is 34.0 Å². The predicted octanol–water partition coefficient (Wildman–Crippen LogP) is 4.31. The van der Waals surface area contributed by atoms with Crippen molar-refractivity contribution < 1.29 is 4.39 Å². The molecular weight excluding hydrogens is 417 g/mol. The zero-order valence-electron chi connectivity index (χ0n) is 17.5. The number of aromatic nitrogens is 4. The van der Waals surface area contributed by atoms with E-state index in [4.69, 9.17) is 11.6 Å². The molecule has 4 heterocycles. The first-order valence-electron chi connectivity index (χ1n) is 10.2. The van der Waals surface area contributed by atoms with Crippen molar-refractivity contribution in [1.82, 2.24) is 24.7 Å². The van der Waals surface area contributed by atoms with Crippen molar-refractivity contribution in [1.29, 1.82) is 0 Å². The van der Waals surface area contributed by atoms with Gasteiger partial charge < -0.3 is 19.9 Å². The molecule has 0 saturated carbocycles. The van der Waals surface area contributed by atoms with Crippen molar-refractivity contribution in [2.45, 2.75) is 32.9 Å². The van der Waals surface area contributed by atoms with Crippen molar-refractivity contribution in [2.75, 3.05) is 23.3 Å². The third-order valence-electron chi connectivity index (χ3n) is 5.49. The summed E-state index contributed by atoms with van der Waals surface area (Å²) in [7, 11) is 0. The van der Waals surface area contributed by atoms with E-state index in [0.717, 1.165) is 30.0 Å². The molecule has 1 aliphatic rings. The van der Waals surface area contributed by atoms with Crippen molar-refractivity contribution in [3.8, 4) is 0 Å². The monoisotopic (exact) mass is 439 g/mol. The Hall–Kier alpha value is -2.97. The highest BCUT2D eigenvalue weighted by Crippen LogP contribution is 2.34. The molecule has 2 N–H and O–H groups in total. The summed E-state index contributed by atoms with van der Waals surface area (Å²) in [5.41, 5.74) is 3.35. The number of nitrogens with zero attached hydrogens (tertiary/aromatic N) is 5. The molecule has 160 valence electrons. The molecule has 2 unspecified atom stereocenters. The lowest BCUT2D eigenvalue weighted by Gasteiger charge is -2.37. The largest absolute Gasteiger partial charge is 0.368 e. The van der Waals surface area contributed by atoms with Crippen molar-refractivity contribution in [3.05, 3.63) is 53.5 Å². The molecule has 3 aromatic heterocycles. The molecule has 0 amide bonds. The van der Waals surface area contributed by atoms with E-state index in [1.807, 2.05) is 19.1 Å². The first kappa shape index (κ1) is 20.0. The Morgan fingerprint density at radius 1 is 1.13 bits per heavy atom. The van der Waals surface area contributed by atoms with Gasteiger partial charge in [-0.05, 0) is 32.9 Å². The molecule has 0 bridgehead atoms. The van der Waals surface area contributed by atoms with Gasteiger partial charge in [0.2, 0.25) is 0 Å². The van der Waals surface area contributed by atoms with E-state index in [1.54, 1.807) is 16.8 Å². The van der Waals surface area contributed by atoms with E-state index < -0.39 is 5.82 Å². The van der Waals surface area contributed by atoms with Gasteiger partial charge in [0.05, 0.1) is 27.3 Å². The number of benzene rings is 1. The second kappa shape index (κ2) is 7.62. The van der Waals surface area contributed by atoms with Gasteiger partial charge in [-0.3, -0.25) is 0 Å². The summed E-state index contributed by atoms with van der Waals surface area (Å²) in [5.74, 6) is 0.117. The van der Waals surface area contributed by atoms with Gasteiger partial charge in [0.25, 0.3) is 0 Å². The second-order valence-corrected chi connectivity index (χ2v) is 8.64. The van der Waals surface area contributed by atoms with Gasteiger partial charge in [-0.2, -0.15) is 0 Å². The summed E-state index contributed by atoms with van der Waals surface area (Å²) in [5, 5.41) is 7.98. The van der Waals surface area contributed by atoms with Crippen molar-refractivity contribution in [3.63, 3.8) is 0 Å². The van der Waals surface area contributed by atoms with Crippen LogP contribution in [0.2, 0.25) is 5.02 Å². The second-order valence-electron chi connectivity index (χ2n) is 8.23. The Labute approximate surface area is 184 Å². The summed E-state index contributed by atoms with van der Waals surface area (Å²) < 4.78 is 16.1. The summed E-state index contributed by atoms with van der Waals surface area (Å²) in [4.78, 5) is 15.3. The van der Waals surface area contributed by atoms with E-state index >= 15 is 0 Å². The van der Waals surface area contributed by atoms with E-state index in [9.17, 15) is 4.39 Å². The van der Waals surface area contributed by atoms with E-state index in [2.05, 4.69) is 44.3 Å². The van der Waals surface area contributed by atoms with Gasteiger partial charge >= 0.3 is 0 Å². The number of anilines is 3. The number of pyridine rings is 1. The Morgan fingerprint density at radius 3 is 2.68 bits per heavy atom. The minimum absolute atomic E-state index is 0.290. The van der Waals surface area contributed by atoms with Crippen LogP contribution in [-0.4, -0.2) is 44.5 Å². The molecule has 2 atom stereocenters. The van der Waals surface area contributed by atoms with Gasteiger partial charge in [0, 0.05) is 49.3 Å². The average molecular weight is 440 g/mol. The van der Waals surface area contributed by atoms with Crippen LogP contribution in [0.25, 0.3) is 16.6 Å². The maximum Gasteiger partial charge on any atom is 0.173 e. The van der Waals surface area contributed by atoms with E-state index in [-0.39, 0.29) is 5.65 Å². The van der Waals surface area contributed by atoms with Crippen LogP contribution >= 0.6 is 11.6 Å². The molecule has 0 aliphatic carbocycles. The lowest BCUT2D eigenvalue weighted by Crippen LogP contribution is -2.54. The molecule has 1 saturated heterocycles. The first-order chi connectivity index (χ1) is 14.9. The SMILES string of the molecule is Cc1cn2cc(Nc3ncnc4cc(N5CC(C)NC(C)C5)cc(Cl)c34)cc(F)c2n1. The third kappa shape index (κ3) is 3.77. The number of aryl methyl sites for hydroxylation is 1. The zero-order valence-corrected chi connectivity index (χ0v) is 18.3. The fourth-order valence-corrected chi connectivity index (χ4v) is 4.63. The number of nitrogens with one attached hydrogen (secondary N) is 2. The van der Waals surface area contributed by atoms with Crippen LogP contribution in [0.15, 0.2) is 36.9 Å². The van der Waals surface area contributed by atoms with Crippen LogP contribution in [-0.2, 0) is 0 Å². The fourth-order valence-electron chi connectivity index (χ4n) is 4.33. The minimum Gasteiger partial charge on any atom is -0.368 e. The number of hydrogen-bond acceptors (Lipinski definition) is 6. The lowest BCUT2D eigenvalue weighted by atomic mass is 10.1. The molecule has 0 spiro atoms. The van der Waals surface area contributed by atoms with Crippen LogP contribution < -0.4 is 15.5 Å². The number of hydrogen-bond donors (Lipinski definition) is 2. The number of halogens is 2. The Morgan fingerprint density at radius 2 is 1.90 bits per heavy atom. The molecule has 0 radical (unpaired) electrons. The van der Waals surface area contributed by atoms with Crippen LogP contribution in [0.5, 0.6) is 0 Å². The van der Waals surface area contributed by atoms with Crippen LogP contribution in [0.1, 0.15) is 19.5 Å². The van der Waals surface area contributed by atoms with Gasteiger partial charge in [-0.25, -0.2) is 19.3 Å². The highest BCUT2D eigenvalue weighted by molar-refractivity contribution is 6.36. The molecule has 1 fully saturated rings. The standard InChI is InChI=1S/C22H23ClFN7/c1-12-7-30(8-13(2)27-12)16-5-17(23)20-19(6-16)25-11-26-21(20)29-15-4-18(24)22-28-14(3)9-31(22)10-15/h4-6,9-13,27H,7-8H2,1-3H3,(H,25,26,29). The van der Waals surface area contributed by atoms with Crippen LogP contribution in [0.4, 0.5) is 21.6 Å². The normalized spacial score (nSPS) is 19.3. The van der Waals surface area contributed by atoms with Gasteiger partial charge in [0.1, 0.15) is 12.1 Å². The maximum absolute atomic E-state index is 14.5. The molecular formula is C22H23ClFN7. The number of fused-ring (bicyclic) bond motifs is 2. The van der Waals surface area contributed by atoms with Crippen LogP contribution in [0.3, 0.4) is 0 Å². The minimum atomic E-state index is -0.410. The lowest BCUT2D eigenvalue weighted by molar-refractivity contribution is 0.407. The predicted molar refractivity (Wildman–Crippen MR) is 122 cm³/mol. The topological polar surface area (TPSA) is 70.4 Å². The fraction of sp³-hybridized carbons (Fsp3) is 0.318. The Kier molecular flexibility index (Phi) is 4.91. The Bertz CT molecular complexity index is 1280. The smallest absolute Gasteiger partial charge is 0.173 e. The van der Waals surface area contributed by atoms with Crippen LogP contribution in [0, 0.1) is 12.7 Å². The molecule has 4 aromatic rings. The van der Waals surface area contributed by atoms with Crippen molar-refractivity contribution in [2.24, 2.45) is 0 Å². The van der Waals surface area contributed by atoms with Crippen molar-refractivity contribution >= 4 is 45.3 Å². The molecule has 1 aromatic carbocycles. The van der Waals surface area contributed by atoms with E-state index in [1.165, 1.54) is 12.4 Å². The van der Waals surface area contributed by atoms with Gasteiger partial charge in [-0.1, -0.05) is 11.6 Å². The number of imidazole rings is 1. The van der Waals surface area contributed by atoms with Gasteiger partial charge in [-0.15, -0.1) is 0 Å². The molecule has 31 heavy (non-hydrogen) atoms. The quantitative estimate of drug-likeness (QED) is 0.495. The molecule has 9 heteroatoms. The zero-order chi connectivity index (χ0) is 21.7. The summed E-state index contributed by atoms with van der Waals surface area (Å²) >= 11 is 6.70. The molecule has 5 rings (SSSR count). The maximum atomic E-state index is 14.5. The number of rotatable bonds is 3. The average Bonchev–Trinajstić information content (AvgIpc) is 3.08. The summed E-state index contributed by atoms with van der Waals surface area (Å²) in [6.45, 7) is 7.97. The Balaban J connectivity index is 1.53. The first-order valence-corrected chi connectivity index (χ1v) is 10.6. The molecule has 7 nitrogen and oxygen atoms in total. The third-order valence-corrected chi connectivity index (χ3v) is 5.78. The summed E-state index contributed by atoms with van der Waals surface area (Å²) in [6, 6.07) is 6.16. The summed E-state index contributed by atoms with van der Waals surface area (Å²) in [6.07, 6.45) is 5.04. The highest BCUT2D eigenvalue weighted by Gasteiger charge is 2.22. The number of piperazine rings is 1. The molecule has 1 aliphatic heterocycles.